The van der Waals surface area contributed by atoms with Crippen LogP contribution in [0.3, 0.4) is 0 Å². The van der Waals surface area contributed by atoms with Gasteiger partial charge in [0.2, 0.25) is 0 Å². The van der Waals surface area contributed by atoms with Gasteiger partial charge in [0.25, 0.3) is 0 Å². The molecule has 0 unspecified atom stereocenters. The first kappa shape index (κ1) is 12.8. The third-order valence-corrected chi connectivity index (χ3v) is 2.95. The van der Waals surface area contributed by atoms with Crippen LogP contribution in [0.1, 0.15) is 23.0 Å². The van der Waals surface area contributed by atoms with Gasteiger partial charge in [0, 0.05) is 6.20 Å². The molecule has 0 atom stereocenters. The summed E-state index contributed by atoms with van der Waals surface area (Å²) in [6, 6.07) is 9.94. The van der Waals surface area contributed by atoms with E-state index in [2.05, 4.69) is 21.0 Å². The summed E-state index contributed by atoms with van der Waals surface area (Å²) < 4.78 is 7.29. The monoisotopic (exact) mass is 308 g/mol. The number of benzene rings is 1. The number of esters is 1. The van der Waals surface area contributed by atoms with E-state index in [0.29, 0.717) is 23.3 Å². The highest BCUT2D eigenvalue weighted by atomic mass is 79.9. The normalized spacial score (nSPS) is 10.3. The number of nitrogens with zero attached hydrogens (tertiary/aromatic N) is 2. The van der Waals surface area contributed by atoms with E-state index in [4.69, 9.17) is 4.74 Å². The minimum absolute atomic E-state index is 0.313. The Labute approximate surface area is 114 Å². The van der Waals surface area contributed by atoms with Crippen molar-refractivity contribution in [2.24, 2.45) is 0 Å². The van der Waals surface area contributed by atoms with Crippen molar-refractivity contribution in [2.45, 2.75) is 13.5 Å². The number of hydrogen-bond acceptors (Lipinski definition) is 3. The summed E-state index contributed by atoms with van der Waals surface area (Å²) in [6.45, 7) is 2.74. The highest BCUT2D eigenvalue weighted by Crippen LogP contribution is 2.16. The second-order valence-corrected chi connectivity index (χ2v) is 4.58. The Hall–Kier alpha value is -1.62. The van der Waals surface area contributed by atoms with Gasteiger partial charge in [0.05, 0.1) is 17.6 Å². The van der Waals surface area contributed by atoms with Crippen LogP contribution >= 0.6 is 15.9 Å². The van der Waals surface area contributed by atoms with E-state index in [-0.39, 0.29) is 0 Å². The molecule has 0 saturated carbocycles. The first-order valence-corrected chi connectivity index (χ1v) is 6.44. The molecule has 1 aromatic carbocycles. The Morgan fingerprint density at radius 3 is 2.78 bits per heavy atom. The van der Waals surface area contributed by atoms with Crippen LogP contribution in [0.2, 0.25) is 0 Å². The molecule has 0 N–H and O–H groups in total. The molecule has 2 aromatic rings. The Bertz CT molecular complexity index is 537. The van der Waals surface area contributed by atoms with Gasteiger partial charge in [-0.25, -0.2) is 4.79 Å². The predicted octanol–water partition coefficient (Wildman–Crippen LogP) is 2.87. The minimum atomic E-state index is -0.406. The molecule has 4 nitrogen and oxygen atoms in total. The molecule has 0 aliphatic heterocycles. The Morgan fingerprint density at radius 2 is 2.11 bits per heavy atom. The molecule has 0 bridgehead atoms. The van der Waals surface area contributed by atoms with Crippen molar-refractivity contribution >= 4 is 21.9 Å². The summed E-state index contributed by atoms with van der Waals surface area (Å²) in [5, 5.41) is 4.22. The van der Waals surface area contributed by atoms with Crippen molar-refractivity contribution < 1.29 is 9.53 Å². The zero-order chi connectivity index (χ0) is 13.0. The van der Waals surface area contributed by atoms with Gasteiger partial charge in [-0.15, -0.1) is 0 Å². The number of halogens is 1. The van der Waals surface area contributed by atoms with E-state index >= 15 is 0 Å². The summed E-state index contributed by atoms with van der Waals surface area (Å²) in [7, 11) is 0. The average Bonchev–Trinajstić information content (AvgIpc) is 2.72. The molecular formula is C13H13BrN2O2. The maximum absolute atomic E-state index is 11.6. The summed E-state index contributed by atoms with van der Waals surface area (Å²) in [4.78, 5) is 11.6. The van der Waals surface area contributed by atoms with Crippen LogP contribution in [0.15, 0.2) is 41.0 Å². The largest absolute Gasteiger partial charge is 0.461 e. The van der Waals surface area contributed by atoms with Crippen LogP contribution in [-0.2, 0) is 11.3 Å². The van der Waals surface area contributed by atoms with E-state index in [1.165, 1.54) is 0 Å². The van der Waals surface area contributed by atoms with Crippen molar-refractivity contribution in [3.63, 3.8) is 0 Å². The van der Waals surface area contributed by atoms with Crippen LogP contribution in [0.25, 0.3) is 0 Å². The lowest BCUT2D eigenvalue weighted by Crippen LogP contribution is -2.08. The maximum atomic E-state index is 11.6. The fraction of sp³-hybridized carbons (Fsp3) is 0.231. The quantitative estimate of drug-likeness (QED) is 0.816. The fourth-order valence-corrected chi connectivity index (χ4v) is 2.06. The predicted molar refractivity (Wildman–Crippen MR) is 71.4 cm³/mol. The summed E-state index contributed by atoms with van der Waals surface area (Å²) in [6.07, 6.45) is 1.78. The number of hydrogen-bond donors (Lipinski definition) is 0. The van der Waals surface area contributed by atoms with E-state index in [9.17, 15) is 4.79 Å². The molecule has 1 aromatic heterocycles. The van der Waals surface area contributed by atoms with Crippen molar-refractivity contribution in [1.29, 1.82) is 0 Å². The smallest absolute Gasteiger partial charge is 0.360 e. The van der Waals surface area contributed by atoms with Gasteiger partial charge in [-0.3, -0.25) is 4.68 Å². The topological polar surface area (TPSA) is 44.1 Å². The highest BCUT2D eigenvalue weighted by Gasteiger charge is 2.16. The van der Waals surface area contributed by atoms with Crippen molar-refractivity contribution in [3.05, 3.63) is 52.3 Å². The molecule has 94 valence electrons. The van der Waals surface area contributed by atoms with Gasteiger partial charge in [0.1, 0.15) is 0 Å². The molecule has 0 aliphatic carbocycles. The van der Waals surface area contributed by atoms with E-state index in [1.807, 2.05) is 30.3 Å². The molecule has 2 rings (SSSR count). The summed E-state index contributed by atoms with van der Waals surface area (Å²) >= 11 is 3.32. The highest BCUT2D eigenvalue weighted by molar-refractivity contribution is 9.10. The third kappa shape index (κ3) is 2.98. The van der Waals surface area contributed by atoms with Gasteiger partial charge in [-0.1, -0.05) is 30.3 Å². The van der Waals surface area contributed by atoms with E-state index in [0.717, 1.165) is 5.56 Å². The molecule has 18 heavy (non-hydrogen) atoms. The molecule has 0 saturated heterocycles. The zero-order valence-corrected chi connectivity index (χ0v) is 11.6. The molecule has 0 fully saturated rings. The molecule has 5 heteroatoms. The molecule has 0 aliphatic rings. The zero-order valence-electron chi connectivity index (χ0n) is 9.97. The average molecular weight is 309 g/mol. The Balaban J connectivity index is 2.16. The maximum Gasteiger partial charge on any atom is 0.360 e. The number of ether oxygens (including phenoxy) is 1. The van der Waals surface area contributed by atoms with E-state index in [1.54, 1.807) is 17.8 Å². The minimum Gasteiger partial charge on any atom is -0.461 e. The Morgan fingerprint density at radius 1 is 1.39 bits per heavy atom. The van der Waals surface area contributed by atoms with Gasteiger partial charge in [0.15, 0.2) is 5.69 Å². The lowest BCUT2D eigenvalue weighted by molar-refractivity contribution is 0.0517. The number of carbonyl (C=O) groups excluding carboxylic acids is 1. The Kier molecular flexibility index (Phi) is 4.15. The number of rotatable bonds is 4. The van der Waals surface area contributed by atoms with Crippen molar-refractivity contribution in [2.75, 3.05) is 6.61 Å². The summed E-state index contributed by atoms with van der Waals surface area (Å²) in [5.41, 5.74) is 1.44. The second-order valence-electron chi connectivity index (χ2n) is 3.73. The number of aromatic nitrogens is 2. The lowest BCUT2D eigenvalue weighted by atomic mass is 10.2. The molecular weight excluding hydrogens is 296 g/mol. The number of carbonyl (C=O) groups is 1. The van der Waals surface area contributed by atoms with Crippen LogP contribution < -0.4 is 0 Å². The van der Waals surface area contributed by atoms with Crippen LogP contribution in [0.4, 0.5) is 0 Å². The van der Waals surface area contributed by atoms with Gasteiger partial charge in [-0.05, 0) is 28.4 Å². The first-order valence-electron chi connectivity index (χ1n) is 5.64. The van der Waals surface area contributed by atoms with Crippen molar-refractivity contribution in [3.8, 4) is 0 Å². The molecule has 1 heterocycles. The van der Waals surface area contributed by atoms with Crippen LogP contribution in [-0.4, -0.2) is 22.4 Å². The molecule has 0 spiro atoms. The molecule has 0 amide bonds. The van der Waals surface area contributed by atoms with Gasteiger partial charge >= 0.3 is 5.97 Å². The SMILES string of the molecule is CCOC(=O)c1nn(Cc2ccccc2)cc1Br. The molecule has 0 radical (unpaired) electrons. The van der Waals surface area contributed by atoms with Crippen molar-refractivity contribution in [1.82, 2.24) is 9.78 Å². The van der Waals surface area contributed by atoms with Gasteiger partial charge < -0.3 is 4.74 Å². The van der Waals surface area contributed by atoms with E-state index < -0.39 is 5.97 Å². The second kappa shape index (κ2) is 5.82. The third-order valence-electron chi connectivity index (χ3n) is 2.37. The fourth-order valence-electron chi connectivity index (χ4n) is 1.59. The van der Waals surface area contributed by atoms with Crippen LogP contribution in [0, 0.1) is 0 Å². The standard InChI is InChI=1S/C13H13BrN2O2/c1-2-18-13(17)12-11(14)9-16(15-12)8-10-6-4-3-5-7-10/h3-7,9H,2,8H2,1H3. The van der Waals surface area contributed by atoms with Gasteiger partial charge in [-0.2, -0.15) is 5.10 Å². The summed E-state index contributed by atoms with van der Waals surface area (Å²) in [5.74, 6) is -0.406. The van der Waals surface area contributed by atoms with Crippen LogP contribution in [0.5, 0.6) is 0 Å². The first-order chi connectivity index (χ1) is 8.70. The lowest BCUT2D eigenvalue weighted by Gasteiger charge is -2.01.